The van der Waals surface area contributed by atoms with Crippen molar-refractivity contribution in [3.8, 4) is 5.69 Å². The Kier molecular flexibility index (Phi) is 5.24. The minimum absolute atomic E-state index is 0.0969. The van der Waals surface area contributed by atoms with E-state index in [-0.39, 0.29) is 12.4 Å². The molecule has 6 nitrogen and oxygen atoms in total. The standard InChI is InChI=1S/C24H26N4O2/c1-16-26-27-23-19(15-21(29)30-24(2,3)4)25-22(17-11-7-5-6-8-12-17)18-13-9-10-14-20(18)28(16)23/h5,7-14,19H,6,15H2,1-4H3/t19-/m0/s1. The summed E-state index contributed by atoms with van der Waals surface area (Å²) >= 11 is 0. The first-order chi connectivity index (χ1) is 14.3. The molecule has 30 heavy (non-hydrogen) atoms. The molecular formula is C24H26N4O2. The van der Waals surface area contributed by atoms with Gasteiger partial charge in [-0.25, -0.2) is 0 Å². The van der Waals surface area contributed by atoms with Crippen molar-refractivity contribution < 1.29 is 9.53 Å². The molecule has 1 aliphatic heterocycles. The highest BCUT2D eigenvalue weighted by Crippen LogP contribution is 2.33. The molecular weight excluding hydrogens is 376 g/mol. The van der Waals surface area contributed by atoms with Gasteiger partial charge in [-0.05, 0) is 40.2 Å². The first kappa shape index (κ1) is 20.0. The van der Waals surface area contributed by atoms with Crippen LogP contribution in [-0.4, -0.2) is 32.0 Å². The zero-order valence-corrected chi connectivity index (χ0v) is 17.8. The molecule has 0 N–H and O–H groups in total. The summed E-state index contributed by atoms with van der Waals surface area (Å²) < 4.78 is 7.57. The number of fused-ring (bicyclic) bond motifs is 3. The van der Waals surface area contributed by atoms with E-state index in [4.69, 9.17) is 9.73 Å². The van der Waals surface area contributed by atoms with Crippen molar-refractivity contribution in [3.05, 3.63) is 77.4 Å². The van der Waals surface area contributed by atoms with Gasteiger partial charge >= 0.3 is 5.97 Å². The van der Waals surface area contributed by atoms with Gasteiger partial charge < -0.3 is 4.74 Å². The second-order valence-corrected chi connectivity index (χ2v) is 8.43. The van der Waals surface area contributed by atoms with Crippen LogP contribution in [0.1, 0.15) is 56.9 Å². The smallest absolute Gasteiger partial charge is 0.308 e. The third kappa shape index (κ3) is 4.03. The van der Waals surface area contributed by atoms with E-state index in [0.29, 0.717) is 5.82 Å². The van der Waals surface area contributed by atoms with Crippen LogP contribution in [0.25, 0.3) is 5.69 Å². The van der Waals surface area contributed by atoms with Gasteiger partial charge in [0.25, 0.3) is 0 Å². The van der Waals surface area contributed by atoms with Crippen molar-refractivity contribution in [1.29, 1.82) is 0 Å². The van der Waals surface area contributed by atoms with Crippen LogP contribution in [0.4, 0.5) is 0 Å². The molecule has 4 rings (SSSR count). The van der Waals surface area contributed by atoms with Crippen LogP contribution in [0, 0.1) is 6.92 Å². The van der Waals surface area contributed by atoms with E-state index in [0.717, 1.165) is 34.8 Å². The summed E-state index contributed by atoms with van der Waals surface area (Å²) in [5.41, 5.74) is 3.23. The molecule has 154 valence electrons. The molecule has 0 fully saturated rings. The second kappa shape index (κ2) is 7.86. The number of nitrogens with zero attached hydrogens (tertiary/aromatic N) is 4. The molecule has 0 amide bonds. The van der Waals surface area contributed by atoms with Gasteiger partial charge in [0.1, 0.15) is 17.5 Å². The highest BCUT2D eigenvalue weighted by atomic mass is 16.6. The first-order valence-corrected chi connectivity index (χ1v) is 10.2. The van der Waals surface area contributed by atoms with Gasteiger partial charge in [0.05, 0.1) is 17.8 Å². The SMILES string of the molecule is Cc1nnc2n1-c1ccccc1C(C1=CC=CCC=C1)=N[C@H]2CC(=O)OC(C)(C)C. The highest BCUT2D eigenvalue weighted by molar-refractivity contribution is 6.17. The number of carbonyl (C=O) groups excluding carboxylic acids is 1. The molecule has 0 spiro atoms. The molecule has 0 bridgehead atoms. The van der Waals surface area contributed by atoms with Gasteiger partial charge in [0.2, 0.25) is 0 Å². The molecule has 1 aromatic carbocycles. The number of allylic oxidation sites excluding steroid dienone is 6. The number of benzene rings is 1. The van der Waals surface area contributed by atoms with Crippen molar-refractivity contribution in [2.45, 2.75) is 52.2 Å². The summed E-state index contributed by atoms with van der Waals surface area (Å²) in [6.45, 7) is 7.50. The number of aromatic nitrogens is 3. The van der Waals surface area contributed by atoms with Crippen molar-refractivity contribution in [2.24, 2.45) is 4.99 Å². The number of hydrogen-bond acceptors (Lipinski definition) is 5. The quantitative estimate of drug-likeness (QED) is 0.704. The number of rotatable bonds is 3. The Morgan fingerprint density at radius 1 is 1.20 bits per heavy atom. The predicted octanol–water partition coefficient (Wildman–Crippen LogP) is 4.59. The van der Waals surface area contributed by atoms with E-state index in [1.54, 1.807) is 0 Å². The average molecular weight is 402 g/mol. The number of hydrogen-bond donors (Lipinski definition) is 0. The Balaban J connectivity index is 1.87. The number of ether oxygens (including phenoxy) is 1. The van der Waals surface area contributed by atoms with Crippen LogP contribution in [0.3, 0.4) is 0 Å². The van der Waals surface area contributed by atoms with Crippen LogP contribution in [-0.2, 0) is 9.53 Å². The molecule has 0 radical (unpaired) electrons. The van der Waals surface area contributed by atoms with E-state index in [2.05, 4.69) is 40.6 Å². The van der Waals surface area contributed by atoms with E-state index < -0.39 is 11.6 Å². The maximum absolute atomic E-state index is 12.7. The summed E-state index contributed by atoms with van der Waals surface area (Å²) in [6.07, 6.45) is 11.4. The lowest BCUT2D eigenvalue weighted by atomic mass is 9.99. The lowest BCUT2D eigenvalue weighted by molar-refractivity contribution is -0.155. The Hall–Kier alpha value is -3.28. The fourth-order valence-corrected chi connectivity index (χ4v) is 3.69. The largest absolute Gasteiger partial charge is 0.460 e. The Morgan fingerprint density at radius 2 is 2.00 bits per heavy atom. The third-order valence-corrected chi connectivity index (χ3v) is 4.87. The summed E-state index contributed by atoms with van der Waals surface area (Å²) in [7, 11) is 0. The monoisotopic (exact) mass is 402 g/mol. The van der Waals surface area contributed by atoms with Crippen LogP contribution >= 0.6 is 0 Å². The van der Waals surface area contributed by atoms with Gasteiger partial charge in [0, 0.05) is 11.1 Å². The highest BCUT2D eigenvalue weighted by Gasteiger charge is 2.31. The zero-order chi connectivity index (χ0) is 21.3. The number of carbonyl (C=O) groups is 1. The molecule has 1 atom stereocenters. The van der Waals surface area contributed by atoms with Gasteiger partial charge in [-0.1, -0.05) is 48.6 Å². The molecule has 0 unspecified atom stereocenters. The van der Waals surface area contributed by atoms with Gasteiger partial charge in [-0.15, -0.1) is 10.2 Å². The van der Waals surface area contributed by atoms with Crippen LogP contribution < -0.4 is 0 Å². The molecule has 1 aromatic heterocycles. The molecule has 1 aliphatic carbocycles. The summed E-state index contributed by atoms with van der Waals surface area (Å²) in [6, 6.07) is 7.59. The van der Waals surface area contributed by atoms with Gasteiger partial charge in [-0.2, -0.15) is 0 Å². The summed E-state index contributed by atoms with van der Waals surface area (Å²) in [4.78, 5) is 17.7. The Bertz CT molecular complexity index is 1100. The minimum Gasteiger partial charge on any atom is -0.460 e. The molecule has 6 heteroatoms. The van der Waals surface area contributed by atoms with Crippen molar-refractivity contribution in [2.75, 3.05) is 0 Å². The molecule has 2 aliphatic rings. The fraction of sp³-hybridized carbons (Fsp3) is 0.333. The lowest BCUT2D eigenvalue weighted by Gasteiger charge is -2.21. The minimum atomic E-state index is -0.557. The van der Waals surface area contributed by atoms with Crippen molar-refractivity contribution >= 4 is 11.7 Å². The maximum atomic E-state index is 12.7. The second-order valence-electron chi connectivity index (χ2n) is 8.43. The van der Waals surface area contributed by atoms with Crippen molar-refractivity contribution in [3.63, 3.8) is 0 Å². The lowest BCUT2D eigenvalue weighted by Crippen LogP contribution is -2.25. The molecule has 2 aromatic rings. The normalized spacial score (nSPS) is 17.9. The van der Waals surface area contributed by atoms with E-state index in [1.165, 1.54) is 0 Å². The molecule has 0 saturated carbocycles. The first-order valence-electron chi connectivity index (χ1n) is 10.2. The third-order valence-electron chi connectivity index (χ3n) is 4.87. The zero-order valence-electron chi connectivity index (χ0n) is 17.8. The van der Waals surface area contributed by atoms with Crippen molar-refractivity contribution in [1.82, 2.24) is 14.8 Å². The van der Waals surface area contributed by atoms with Crippen LogP contribution in [0.5, 0.6) is 0 Å². The Labute approximate surface area is 176 Å². The average Bonchev–Trinajstić information content (AvgIpc) is 2.84. The fourth-order valence-electron chi connectivity index (χ4n) is 3.69. The topological polar surface area (TPSA) is 69.4 Å². The number of esters is 1. The van der Waals surface area contributed by atoms with Crippen LogP contribution in [0.15, 0.2) is 65.2 Å². The van der Waals surface area contributed by atoms with Gasteiger partial charge in [0.15, 0.2) is 5.82 Å². The van der Waals surface area contributed by atoms with E-state index in [1.807, 2.05) is 56.5 Å². The summed E-state index contributed by atoms with van der Waals surface area (Å²) in [5.74, 6) is 1.10. The van der Waals surface area contributed by atoms with E-state index >= 15 is 0 Å². The number of para-hydroxylation sites is 1. The predicted molar refractivity (Wildman–Crippen MR) is 117 cm³/mol. The molecule has 0 saturated heterocycles. The number of aryl methyl sites for hydroxylation is 1. The van der Waals surface area contributed by atoms with Crippen LogP contribution in [0.2, 0.25) is 0 Å². The molecule has 2 heterocycles. The maximum Gasteiger partial charge on any atom is 0.308 e. The number of aliphatic imine (C=N–C) groups is 1. The van der Waals surface area contributed by atoms with Gasteiger partial charge in [-0.3, -0.25) is 14.4 Å². The van der Waals surface area contributed by atoms with E-state index in [9.17, 15) is 4.79 Å². The Morgan fingerprint density at radius 3 is 2.80 bits per heavy atom. The summed E-state index contributed by atoms with van der Waals surface area (Å²) in [5, 5.41) is 8.67.